The fourth-order valence-electron chi connectivity index (χ4n) is 1.93. The predicted octanol–water partition coefficient (Wildman–Crippen LogP) is 3.08. The Bertz CT molecular complexity index is 853. The molecule has 110 valence electrons. The first kappa shape index (κ1) is 16.4. The number of fused-ring (bicyclic) bond motifs is 1. The molecule has 0 aliphatic heterocycles. The Morgan fingerprint density at radius 2 is 1.91 bits per heavy atom. The van der Waals surface area contributed by atoms with E-state index in [-0.39, 0.29) is 5.78 Å². The van der Waals surface area contributed by atoms with Gasteiger partial charge >= 0.3 is 0 Å². The van der Waals surface area contributed by atoms with E-state index >= 15 is 0 Å². The molecular weight excluding hydrogens is 382 g/mol. The summed E-state index contributed by atoms with van der Waals surface area (Å²) in [5.74, 6) is -0.0625. The van der Waals surface area contributed by atoms with Crippen LogP contribution in [0, 0.1) is 10.7 Å². The molecule has 0 saturated heterocycles. The van der Waals surface area contributed by atoms with E-state index in [9.17, 15) is 4.79 Å². The number of thiocyanates is 1. The van der Waals surface area contributed by atoms with Crippen LogP contribution in [0.1, 0.15) is 16.1 Å². The van der Waals surface area contributed by atoms with Crippen molar-refractivity contribution < 1.29 is 9.20 Å². The van der Waals surface area contributed by atoms with Gasteiger partial charge < -0.3 is 18.4 Å². The molecule has 0 radical (unpaired) electrons. The maximum Gasteiger partial charge on any atom is 0.293 e. The standard InChI is InChI=1S/C14H9BrN2OS.CHNS/c15-10-6-4-9(5-7-10)13(18)12-14(16)19-11-3-1-2-8-17(11)12;2-1-3/h1-8H,(H-,16,18);3H. The third-order valence-electron chi connectivity index (χ3n) is 2.83. The molecule has 2 heterocycles. The van der Waals surface area contributed by atoms with Gasteiger partial charge in [-0.1, -0.05) is 21.3 Å². The Kier molecular flexibility index (Phi) is 5.44. The van der Waals surface area contributed by atoms with Crippen molar-refractivity contribution in [3.8, 4) is 5.40 Å². The molecule has 22 heavy (non-hydrogen) atoms. The fourth-order valence-corrected chi connectivity index (χ4v) is 3.11. The molecule has 0 unspecified atom stereocenters. The Balaban J connectivity index is 0.000000545. The average molecular weight is 392 g/mol. The molecule has 0 bridgehead atoms. The van der Waals surface area contributed by atoms with Crippen LogP contribution < -0.4 is 10.1 Å². The summed E-state index contributed by atoms with van der Waals surface area (Å²) in [6.07, 6.45) is 1.86. The summed E-state index contributed by atoms with van der Waals surface area (Å²) in [6.45, 7) is 0. The number of carbonyl (C=O) groups is 1. The van der Waals surface area contributed by atoms with Crippen molar-refractivity contribution in [2.75, 3.05) is 5.73 Å². The second kappa shape index (κ2) is 7.31. The van der Waals surface area contributed by atoms with Gasteiger partial charge in [0.15, 0.2) is 11.2 Å². The number of thiazole rings is 1. The first-order chi connectivity index (χ1) is 10.6. The number of halogens is 1. The van der Waals surface area contributed by atoms with Gasteiger partial charge in [-0.05, 0) is 41.7 Å². The molecule has 2 aromatic heterocycles. The van der Waals surface area contributed by atoms with E-state index < -0.39 is 0 Å². The summed E-state index contributed by atoms with van der Waals surface area (Å²) >= 11 is 8.47. The van der Waals surface area contributed by atoms with Crippen LogP contribution in [0.25, 0.3) is 4.83 Å². The van der Waals surface area contributed by atoms with Crippen LogP contribution in [0.5, 0.6) is 0 Å². The van der Waals surface area contributed by atoms with Crippen LogP contribution >= 0.6 is 27.3 Å². The summed E-state index contributed by atoms with van der Waals surface area (Å²) in [4.78, 5) is 13.5. The van der Waals surface area contributed by atoms with Crippen LogP contribution in [0.4, 0.5) is 5.00 Å². The number of nitrogens with zero attached hydrogens (tertiary/aromatic N) is 2. The quantitative estimate of drug-likeness (QED) is 0.315. The highest BCUT2D eigenvalue weighted by atomic mass is 79.9. The highest BCUT2D eigenvalue weighted by Crippen LogP contribution is 2.23. The van der Waals surface area contributed by atoms with Crippen molar-refractivity contribution in [2.24, 2.45) is 0 Å². The van der Waals surface area contributed by atoms with Crippen molar-refractivity contribution in [1.82, 2.24) is 0 Å². The minimum atomic E-state index is -0.0625. The van der Waals surface area contributed by atoms with Crippen LogP contribution in [-0.4, -0.2) is 5.78 Å². The molecular formula is C15H10BrN3OS2. The Morgan fingerprint density at radius 3 is 2.55 bits per heavy atom. The second-order valence-electron chi connectivity index (χ2n) is 4.15. The largest absolute Gasteiger partial charge is 0.696 e. The lowest BCUT2D eigenvalue weighted by Crippen LogP contribution is -2.27. The number of rotatable bonds is 2. The number of carbonyl (C=O) groups excluding carboxylic acids is 1. The third-order valence-corrected chi connectivity index (χ3v) is 4.32. The van der Waals surface area contributed by atoms with E-state index in [0.29, 0.717) is 16.3 Å². The van der Waals surface area contributed by atoms with Gasteiger partial charge in [0.1, 0.15) is 0 Å². The van der Waals surface area contributed by atoms with Crippen LogP contribution in [-0.2, 0) is 12.6 Å². The maximum atomic E-state index is 12.5. The van der Waals surface area contributed by atoms with Gasteiger partial charge in [-0.25, -0.2) is 5.26 Å². The molecule has 0 fully saturated rings. The van der Waals surface area contributed by atoms with Gasteiger partial charge in [-0.3, -0.25) is 4.79 Å². The first-order valence-corrected chi connectivity index (χ1v) is 8.10. The number of hydrogen-bond acceptors (Lipinski definition) is 5. The lowest BCUT2D eigenvalue weighted by Gasteiger charge is -1.97. The number of benzene rings is 1. The average Bonchev–Trinajstić information content (AvgIpc) is 2.84. The Labute approximate surface area is 145 Å². The van der Waals surface area contributed by atoms with Crippen molar-refractivity contribution in [1.29, 1.82) is 5.26 Å². The zero-order valence-corrected chi connectivity index (χ0v) is 14.4. The number of pyridine rings is 1. The number of nitrogen functional groups attached to an aromatic ring is 1. The summed E-state index contributed by atoms with van der Waals surface area (Å²) in [7, 11) is 0. The van der Waals surface area contributed by atoms with Crippen molar-refractivity contribution in [3.05, 3.63) is 64.4 Å². The molecule has 1 aromatic carbocycles. The smallest absolute Gasteiger partial charge is 0.293 e. The third kappa shape index (κ3) is 3.42. The normalized spacial score (nSPS) is 9.64. The molecule has 0 aliphatic rings. The van der Waals surface area contributed by atoms with Crippen molar-refractivity contribution in [3.63, 3.8) is 0 Å². The van der Waals surface area contributed by atoms with Crippen LogP contribution in [0.3, 0.4) is 0 Å². The predicted molar refractivity (Wildman–Crippen MR) is 92.4 cm³/mol. The highest BCUT2D eigenvalue weighted by molar-refractivity contribution is 9.10. The molecule has 0 aliphatic carbocycles. The number of aromatic nitrogens is 1. The lowest BCUT2D eigenvalue weighted by molar-refractivity contribution is -0.509. The highest BCUT2D eigenvalue weighted by Gasteiger charge is 2.26. The van der Waals surface area contributed by atoms with E-state index in [1.165, 1.54) is 16.7 Å². The number of nitrogens with two attached hydrogens (primary N) is 1. The SMILES string of the molecule is N#C[S-].Nc1sc2cccc[n+]2c1C(=O)c1ccc(Br)cc1. The van der Waals surface area contributed by atoms with Gasteiger partial charge in [-0.2, -0.15) is 0 Å². The monoisotopic (exact) mass is 391 g/mol. The lowest BCUT2D eigenvalue weighted by atomic mass is 10.1. The molecule has 0 atom stereocenters. The molecule has 3 aromatic rings. The van der Waals surface area contributed by atoms with Gasteiger partial charge in [0, 0.05) is 22.2 Å². The molecule has 4 nitrogen and oxygen atoms in total. The molecule has 2 N–H and O–H groups in total. The fraction of sp³-hybridized carbons (Fsp3) is 0. The number of nitriles is 1. The summed E-state index contributed by atoms with van der Waals surface area (Å²) in [5.41, 5.74) is 7.15. The van der Waals surface area contributed by atoms with Gasteiger partial charge in [0.25, 0.3) is 16.3 Å². The minimum absolute atomic E-state index is 0.0625. The van der Waals surface area contributed by atoms with Crippen LogP contribution in [0.2, 0.25) is 0 Å². The second-order valence-corrected chi connectivity index (χ2v) is 6.31. The Morgan fingerprint density at radius 1 is 1.27 bits per heavy atom. The summed E-state index contributed by atoms with van der Waals surface area (Å²) in [5, 5.41) is 9.01. The van der Waals surface area contributed by atoms with Crippen molar-refractivity contribution in [2.45, 2.75) is 0 Å². The zero-order chi connectivity index (χ0) is 16.1. The van der Waals surface area contributed by atoms with Gasteiger partial charge in [0.05, 0.1) is 0 Å². The maximum absolute atomic E-state index is 12.5. The molecule has 3 rings (SSSR count). The van der Waals surface area contributed by atoms with E-state index in [1.807, 2.05) is 40.9 Å². The molecule has 0 saturated carbocycles. The Hall–Kier alpha value is -2.01. The van der Waals surface area contributed by atoms with E-state index in [2.05, 4.69) is 28.6 Å². The molecule has 7 heteroatoms. The zero-order valence-electron chi connectivity index (χ0n) is 11.2. The summed E-state index contributed by atoms with van der Waals surface area (Å²) < 4.78 is 2.78. The minimum Gasteiger partial charge on any atom is -0.696 e. The first-order valence-electron chi connectivity index (χ1n) is 6.08. The summed E-state index contributed by atoms with van der Waals surface area (Å²) in [6, 6.07) is 13.0. The number of ketones is 1. The van der Waals surface area contributed by atoms with Crippen molar-refractivity contribution >= 4 is 55.5 Å². The van der Waals surface area contributed by atoms with Gasteiger partial charge in [0.2, 0.25) is 0 Å². The van der Waals surface area contributed by atoms with E-state index in [1.54, 1.807) is 12.1 Å². The number of hydrogen-bond donors (Lipinski definition) is 1. The van der Waals surface area contributed by atoms with Crippen LogP contribution in [0.15, 0.2) is 53.1 Å². The van der Waals surface area contributed by atoms with Gasteiger partial charge in [-0.15, -0.1) is 4.40 Å². The van der Waals surface area contributed by atoms with E-state index in [0.717, 1.165) is 9.30 Å². The topological polar surface area (TPSA) is 71.0 Å². The van der Waals surface area contributed by atoms with E-state index in [4.69, 9.17) is 11.0 Å². The number of anilines is 1. The molecule has 0 spiro atoms. The molecule has 0 amide bonds.